The van der Waals surface area contributed by atoms with Crippen LogP contribution in [0.5, 0.6) is 0 Å². The third-order valence-corrected chi connectivity index (χ3v) is 7.42. The molecule has 216 valence electrons. The summed E-state index contributed by atoms with van der Waals surface area (Å²) in [7, 11) is -2.30. The van der Waals surface area contributed by atoms with Crippen molar-refractivity contribution in [3.63, 3.8) is 0 Å². The van der Waals surface area contributed by atoms with Crippen molar-refractivity contribution in [2.24, 2.45) is 11.5 Å². The van der Waals surface area contributed by atoms with Gasteiger partial charge < -0.3 is 51.7 Å². The fraction of sp³-hybridized carbons (Fsp3) is 0.800. The first kappa shape index (κ1) is 34.5. The zero-order valence-corrected chi connectivity index (χ0v) is 22.8. The van der Waals surface area contributed by atoms with Crippen molar-refractivity contribution in [1.82, 2.24) is 10.6 Å². The Bertz CT molecular complexity index is 701. The van der Waals surface area contributed by atoms with Crippen LogP contribution in [-0.4, -0.2) is 118 Å². The number of carboxylic acid groups (broad SMARTS) is 2. The summed E-state index contributed by atoms with van der Waals surface area (Å²) >= 11 is 2.85. The van der Waals surface area contributed by atoms with Gasteiger partial charge in [-0.2, -0.15) is 23.5 Å². The van der Waals surface area contributed by atoms with Gasteiger partial charge in [-0.1, -0.05) is 0 Å². The minimum Gasteiger partial charge on any atom is -0.481 e. The molecule has 0 radical (unpaired) electrons. The molecule has 0 aromatic rings. The van der Waals surface area contributed by atoms with Gasteiger partial charge in [0.2, 0.25) is 11.8 Å². The fourth-order valence-electron chi connectivity index (χ4n) is 3.71. The maximum atomic E-state index is 11.6. The van der Waals surface area contributed by atoms with Crippen molar-refractivity contribution in [1.29, 1.82) is 0 Å². The molecule has 0 aromatic carbocycles. The maximum absolute atomic E-state index is 11.6. The topological polar surface area (TPSA) is 244 Å². The van der Waals surface area contributed by atoms with Gasteiger partial charge in [0.1, 0.15) is 0 Å². The number of carbonyl (C=O) groups excluding carboxylic acids is 2. The number of carboxylic acids is 2. The Morgan fingerprint density at radius 3 is 1.39 bits per heavy atom. The van der Waals surface area contributed by atoms with E-state index in [0.29, 0.717) is 61.8 Å². The van der Waals surface area contributed by atoms with Crippen molar-refractivity contribution in [2.75, 3.05) is 36.1 Å². The second-order valence-electron chi connectivity index (χ2n) is 8.68. The van der Waals surface area contributed by atoms with E-state index in [2.05, 4.69) is 10.6 Å². The average molecular weight is 580 g/mol. The van der Waals surface area contributed by atoms with Crippen LogP contribution >= 0.6 is 23.5 Å². The Balaban J connectivity index is 0.000000380. The highest BCUT2D eigenvalue weighted by molar-refractivity contribution is 8.00. The molecule has 0 saturated carbocycles. The molecule has 10 N–H and O–H groups in total. The highest BCUT2D eigenvalue weighted by Crippen LogP contribution is 2.19. The monoisotopic (exact) mass is 580 g/mol. The lowest BCUT2D eigenvalue weighted by Gasteiger charge is -2.30. The van der Waals surface area contributed by atoms with E-state index < -0.39 is 50.3 Å². The second-order valence-corrected chi connectivity index (χ2v) is 10.9. The smallest absolute Gasteiger partial charge is 0.478 e. The predicted molar refractivity (Wildman–Crippen MR) is 145 cm³/mol. The number of aliphatic carboxylic acids is 2. The lowest BCUT2D eigenvalue weighted by atomic mass is 9.72. The third-order valence-electron chi connectivity index (χ3n) is 5.44. The Morgan fingerprint density at radius 2 is 1.11 bits per heavy atom. The number of hydrogen-bond acceptors (Lipinski definition) is 12. The molecule has 0 spiro atoms. The summed E-state index contributed by atoms with van der Waals surface area (Å²) < 4.78 is 10.3. The molecule has 18 heteroatoms. The first-order valence-electron chi connectivity index (χ1n) is 12.3. The lowest BCUT2D eigenvalue weighted by molar-refractivity contribution is -0.140. The molecule has 0 unspecified atom stereocenters. The van der Waals surface area contributed by atoms with Crippen LogP contribution in [0.25, 0.3) is 0 Å². The zero-order chi connectivity index (χ0) is 28.5. The molecule has 4 atom stereocenters. The van der Waals surface area contributed by atoms with E-state index in [1.165, 1.54) is 23.5 Å². The van der Waals surface area contributed by atoms with Gasteiger partial charge in [0.05, 0.1) is 48.4 Å². The minimum atomic E-state index is -1.15. The van der Waals surface area contributed by atoms with E-state index in [-0.39, 0.29) is 24.7 Å². The molecule has 2 aliphatic heterocycles. The average Bonchev–Trinajstić information content (AvgIpc) is 2.83. The zero-order valence-electron chi connectivity index (χ0n) is 21.2. The van der Waals surface area contributed by atoms with Crippen LogP contribution < -0.4 is 22.1 Å². The maximum Gasteiger partial charge on any atom is 0.478 e. The van der Waals surface area contributed by atoms with Crippen molar-refractivity contribution in [2.45, 2.75) is 62.6 Å². The molecule has 2 heterocycles. The Morgan fingerprint density at radius 1 is 0.737 bits per heavy atom. The normalized spacial score (nSPS) is 23.2. The van der Waals surface area contributed by atoms with Gasteiger partial charge in [0.25, 0.3) is 0 Å². The summed E-state index contributed by atoms with van der Waals surface area (Å²) in [5.74, 6) is -1.23. The highest BCUT2D eigenvalue weighted by Gasteiger charge is 2.37. The summed E-state index contributed by atoms with van der Waals surface area (Å²) in [5.41, 5.74) is 10.6. The lowest BCUT2D eigenvalue weighted by Crippen LogP contribution is -2.53. The van der Waals surface area contributed by atoms with Crippen molar-refractivity contribution < 1.29 is 48.7 Å². The van der Waals surface area contributed by atoms with Gasteiger partial charge in [-0.15, -0.1) is 0 Å². The molecular formula is C20H38B2N4O10S2. The van der Waals surface area contributed by atoms with E-state index in [0.717, 1.165) is 0 Å². The van der Waals surface area contributed by atoms with E-state index >= 15 is 0 Å². The number of nitrogens with one attached hydrogen (secondary N) is 2. The van der Waals surface area contributed by atoms with Crippen LogP contribution in [0.2, 0.25) is 0 Å². The van der Waals surface area contributed by atoms with Gasteiger partial charge in [-0.25, -0.2) is 0 Å². The molecule has 0 bridgehead atoms. The van der Waals surface area contributed by atoms with Crippen LogP contribution in [0.1, 0.15) is 38.5 Å². The van der Waals surface area contributed by atoms with E-state index in [1.807, 2.05) is 0 Å². The van der Waals surface area contributed by atoms with E-state index in [4.69, 9.17) is 31.0 Å². The van der Waals surface area contributed by atoms with Crippen LogP contribution in [-0.2, 0) is 28.5 Å². The summed E-state index contributed by atoms with van der Waals surface area (Å²) in [4.78, 5) is 44.2. The first-order valence-corrected chi connectivity index (χ1v) is 14.6. The largest absolute Gasteiger partial charge is 0.481 e. The number of hydrogen-bond donors (Lipinski definition) is 8. The summed E-state index contributed by atoms with van der Waals surface area (Å²) in [6.07, 6.45) is 0.765. The summed E-state index contributed by atoms with van der Waals surface area (Å²) in [6.45, 7) is 1.04. The Hall–Kier alpha value is -1.53. The van der Waals surface area contributed by atoms with Gasteiger partial charge in [0, 0.05) is 24.6 Å². The van der Waals surface area contributed by atoms with E-state index in [9.17, 15) is 29.2 Å². The van der Waals surface area contributed by atoms with Gasteiger partial charge in [-0.3, -0.25) is 19.2 Å². The molecule has 38 heavy (non-hydrogen) atoms. The molecule has 0 aliphatic carbocycles. The number of nitrogens with two attached hydrogens (primary N) is 2. The van der Waals surface area contributed by atoms with Gasteiger partial charge in [0.15, 0.2) is 0 Å². The number of carbonyl (C=O) groups is 4. The first-order chi connectivity index (χ1) is 18.0. The molecule has 2 saturated heterocycles. The fourth-order valence-corrected chi connectivity index (χ4v) is 4.87. The molecular weight excluding hydrogens is 542 g/mol. The van der Waals surface area contributed by atoms with Gasteiger partial charge in [-0.05, 0) is 25.7 Å². The molecule has 2 amide bonds. The summed E-state index contributed by atoms with van der Waals surface area (Å²) in [5, 5.41) is 42.1. The number of amides is 2. The number of thioether (sulfide) groups is 2. The SMILES string of the molecule is NCCSCC(=O)N[C@H]1CC[C@@H](CC(=O)O)OB1O.NCCSCC(=O)N[C@H]1CC[C@@H](CC(=O)O)OB1O. The van der Waals surface area contributed by atoms with E-state index in [1.54, 1.807) is 0 Å². The minimum absolute atomic E-state index is 0.135. The van der Waals surface area contributed by atoms with Crippen LogP contribution in [0.4, 0.5) is 0 Å². The Labute approximate surface area is 231 Å². The molecule has 2 fully saturated rings. The Kier molecular flexibility index (Phi) is 17.7. The van der Waals surface area contributed by atoms with Crippen LogP contribution in [0.15, 0.2) is 0 Å². The van der Waals surface area contributed by atoms with Crippen molar-refractivity contribution >= 4 is 61.5 Å². The standard InChI is InChI=1S/2C10H19BN2O5S/c2*12-3-4-19-6-9(14)13-8-2-1-7(5-10(15)16)18-11(8)17/h2*7-8,17H,1-6,12H2,(H,13,14)(H,15,16)/t2*7-,8-/m00/s1. The predicted octanol–water partition coefficient (Wildman–Crippen LogP) is -2.33. The van der Waals surface area contributed by atoms with Crippen LogP contribution in [0.3, 0.4) is 0 Å². The molecule has 14 nitrogen and oxygen atoms in total. The third kappa shape index (κ3) is 15.2. The quantitative estimate of drug-likeness (QED) is 0.0794. The van der Waals surface area contributed by atoms with Crippen molar-refractivity contribution in [3.05, 3.63) is 0 Å². The highest BCUT2D eigenvalue weighted by atomic mass is 32.2. The van der Waals surface area contributed by atoms with Crippen LogP contribution in [0, 0.1) is 0 Å². The molecule has 2 rings (SSSR count). The second kappa shape index (κ2) is 19.5. The summed E-state index contributed by atoms with van der Waals surface area (Å²) in [6, 6.07) is 0. The van der Waals surface area contributed by atoms with Crippen molar-refractivity contribution in [3.8, 4) is 0 Å². The number of rotatable bonds is 14. The molecule has 2 aliphatic rings. The molecule has 0 aromatic heterocycles. The van der Waals surface area contributed by atoms with Gasteiger partial charge >= 0.3 is 26.2 Å².